The number of nitrogens with zero attached hydrogens (tertiary/aromatic N) is 1. The van der Waals surface area contributed by atoms with E-state index in [1.165, 1.54) is 4.90 Å². The van der Waals surface area contributed by atoms with Gasteiger partial charge in [0.05, 0.1) is 5.92 Å². The minimum Gasteiger partial charge on any atom is -0.342 e. The lowest BCUT2D eigenvalue weighted by Crippen LogP contribution is -2.45. The molecule has 0 bridgehead atoms. The average Bonchev–Trinajstić information content (AvgIpc) is 2.26. The standard InChI is InChI=1S/C10H17F3N2O/c1-7(6-14)9(16)15-4-2-8(3-5-15)10(11,12)13/h7-8H,2-6,14H2,1H3. The van der Waals surface area contributed by atoms with Gasteiger partial charge >= 0.3 is 6.18 Å². The Morgan fingerprint density at radius 1 is 1.44 bits per heavy atom. The van der Waals surface area contributed by atoms with E-state index < -0.39 is 12.1 Å². The zero-order valence-electron chi connectivity index (χ0n) is 9.26. The number of carbonyl (C=O) groups is 1. The van der Waals surface area contributed by atoms with Crippen molar-refractivity contribution in [2.24, 2.45) is 17.6 Å². The van der Waals surface area contributed by atoms with Crippen LogP contribution in [0.5, 0.6) is 0 Å². The molecule has 3 nitrogen and oxygen atoms in total. The van der Waals surface area contributed by atoms with Crippen LogP contribution in [0, 0.1) is 11.8 Å². The summed E-state index contributed by atoms with van der Waals surface area (Å²) >= 11 is 0. The highest BCUT2D eigenvalue weighted by molar-refractivity contribution is 5.78. The molecular weight excluding hydrogens is 221 g/mol. The quantitative estimate of drug-likeness (QED) is 0.790. The molecule has 1 saturated heterocycles. The third-order valence-electron chi connectivity index (χ3n) is 3.04. The van der Waals surface area contributed by atoms with Crippen LogP contribution >= 0.6 is 0 Å². The van der Waals surface area contributed by atoms with E-state index in [-0.39, 0.29) is 44.3 Å². The molecule has 94 valence electrons. The molecule has 6 heteroatoms. The van der Waals surface area contributed by atoms with Crippen molar-refractivity contribution in [3.05, 3.63) is 0 Å². The maximum absolute atomic E-state index is 12.4. The number of carbonyl (C=O) groups excluding carboxylic acids is 1. The van der Waals surface area contributed by atoms with Crippen molar-refractivity contribution in [1.82, 2.24) is 4.90 Å². The maximum atomic E-state index is 12.4. The summed E-state index contributed by atoms with van der Waals surface area (Å²) in [5.41, 5.74) is 5.35. The van der Waals surface area contributed by atoms with Crippen LogP contribution in [0.3, 0.4) is 0 Å². The summed E-state index contributed by atoms with van der Waals surface area (Å²) in [7, 11) is 0. The normalized spacial score (nSPS) is 20.9. The first kappa shape index (κ1) is 13.3. The average molecular weight is 238 g/mol. The summed E-state index contributed by atoms with van der Waals surface area (Å²) in [4.78, 5) is 13.1. The third kappa shape index (κ3) is 3.10. The fourth-order valence-corrected chi connectivity index (χ4v) is 1.84. The molecule has 0 aromatic heterocycles. The van der Waals surface area contributed by atoms with Gasteiger partial charge in [-0.15, -0.1) is 0 Å². The van der Waals surface area contributed by atoms with Gasteiger partial charge in [-0.1, -0.05) is 6.92 Å². The van der Waals surface area contributed by atoms with Crippen LogP contribution in [0.4, 0.5) is 13.2 Å². The minimum atomic E-state index is -4.13. The highest BCUT2D eigenvalue weighted by Gasteiger charge is 2.41. The Kier molecular flexibility index (Phi) is 4.18. The van der Waals surface area contributed by atoms with Gasteiger partial charge < -0.3 is 10.6 Å². The maximum Gasteiger partial charge on any atom is 0.391 e. The molecule has 1 heterocycles. The Hall–Kier alpha value is -0.780. The van der Waals surface area contributed by atoms with Gasteiger partial charge in [0.25, 0.3) is 0 Å². The Morgan fingerprint density at radius 3 is 2.31 bits per heavy atom. The molecule has 1 aliphatic rings. The Bertz CT molecular complexity index is 247. The molecule has 1 atom stereocenters. The molecule has 2 N–H and O–H groups in total. The van der Waals surface area contributed by atoms with E-state index >= 15 is 0 Å². The van der Waals surface area contributed by atoms with Crippen molar-refractivity contribution in [3.8, 4) is 0 Å². The van der Waals surface area contributed by atoms with E-state index in [0.717, 1.165) is 0 Å². The molecule has 0 aromatic rings. The second-order valence-electron chi connectivity index (χ2n) is 4.28. The van der Waals surface area contributed by atoms with Crippen LogP contribution in [0.1, 0.15) is 19.8 Å². The largest absolute Gasteiger partial charge is 0.391 e. The van der Waals surface area contributed by atoms with Crippen molar-refractivity contribution >= 4 is 5.91 Å². The SMILES string of the molecule is CC(CN)C(=O)N1CCC(C(F)(F)F)CC1. The van der Waals surface area contributed by atoms with Gasteiger partial charge in [-0.2, -0.15) is 13.2 Å². The summed E-state index contributed by atoms with van der Waals surface area (Å²) in [6, 6.07) is 0. The lowest BCUT2D eigenvalue weighted by molar-refractivity contribution is -0.186. The number of halogens is 3. The van der Waals surface area contributed by atoms with Gasteiger partial charge in [0.15, 0.2) is 0 Å². The van der Waals surface area contributed by atoms with Crippen molar-refractivity contribution in [2.75, 3.05) is 19.6 Å². The first-order valence-electron chi connectivity index (χ1n) is 5.41. The lowest BCUT2D eigenvalue weighted by Gasteiger charge is -2.34. The fraction of sp³-hybridized carbons (Fsp3) is 0.900. The van der Waals surface area contributed by atoms with Crippen molar-refractivity contribution in [1.29, 1.82) is 0 Å². The highest BCUT2D eigenvalue weighted by Crippen LogP contribution is 2.34. The number of piperidine rings is 1. The Labute approximate surface area is 92.8 Å². The molecule has 1 amide bonds. The molecular formula is C10H17F3N2O. The fourth-order valence-electron chi connectivity index (χ4n) is 1.84. The summed E-state index contributed by atoms with van der Waals surface area (Å²) in [6.07, 6.45) is -4.12. The second kappa shape index (κ2) is 5.03. The van der Waals surface area contributed by atoms with E-state index in [9.17, 15) is 18.0 Å². The van der Waals surface area contributed by atoms with Gasteiger partial charge in [0, 0.05) is 25.6 Å². The molecule has 1 fully saturated rings. The number of alkyl halides is 3. The van der Waals surface area contributed by atoms with Crippen molar-refractivity contribution in [3.63, 3.8) is 0 Å². The molecule has 1 rings (SSSR count). The van der Waals surface area contributed by atoms with Crippen molar-refractivity contribution < 1.29 is 18.0 Å². The zero-order chi connectivity index (χ0) is 12.3. The summed E-state index contributed by atoms with van der Waals surface area (Å²) < 4.78 is 37.1. The van der Waals surface area contributed by atoms with Crippen LogP contribution in [0.15, 0.2) is 0 Å². The van der Waals surface area contributed by atoms with E-state index in [2.05, 4.69) is 0 Å². The molecule has 0 spiro atoms. The van der Waals surface area contributed by atoms with Crippen LogP contribution < -0.4 is 5.73 Å². The van der Waals surface area contributed by atoms with E-state index in [1.807, 2.05) is 0 Å². The van der Waals surface area contributed by atoms with E-state index in [0.29, 0.717) is 0 Å². The van der Waals surface area contributed by atoms with Gasteiger partial charge in [-0.3, -0.25) is 4.79 Å². The van der Waals surface area contributed by atoms with Gasteiger partial charge in [-0.05, 0) is 12.8 Å². The number of likely N-dealkylation sites (tertiary alicyclic amines) is 1. The molecule has 1 unspecified atom stereocenters. The first-order valence-corrected chi connectivity index (χ1v) is 5.41. The summed E-state index contributed by atoms with van der Waals surface area (Å²) in [5, 5.41) is 0. The van der Waals surface area contributed by atoms with Crippen LogP contribution in [-0.4, -0.2) is 36.6 Å². The molecule has 0 radical (unpaired) electrons. The lowest BCUT2D eigenvalue weighted by atomic mass is 9.95. The molecule has 0 aromatic carbocycles. The topological polar surface area (TPSA) is 46.3 Å². The van der Waals surface area contributed by atoms with Crippen LogP contribution in [0.2, 0.25) is 0 Å². The molecule has 0 saturated carbocycles. The van der Waals surface area contributed by atoms with E-state index in [1.54, 1.807) is 6.92 Å². The Balaban J connectivity index is 2.46. The molecule has 0 aliphatic carbocycles. The summed E-state index contributed by atoms with van der Waals surface area (Å²) in [6.45, 7) is 2.30. The zero-order valence-corrected chi connectivity index (χ0v) is 9.26. The van der Waals surface area contributed by atoms with Gasteiger partial charge in [0.2, 0.25) is 5.91 Å². The molecule has 1 aliphatic heterocycles. The second-order valence-corrected chi connectivity index (χ2v) is 4.28. The highest BCUT2D eigenvalue weighted by atomic mass is 19.4. The Morgan fingerprint density at radius 2 is 1.94 bits per heavy atom. The summed E-state index contributed by atoms with van der Waals surface area (Å²) in [5.74, 6) is -1.70. The van der Waals surface area contributed by atoms with Crippen molar-refractivity contribution in [2.45, 2.75) is 25.9 Å². The van der Waals surface area contributed by atoms with Crippen LogP contribution in [0.25, 0.3) is 0 Å². The van der Waals surface area contributed by atoms with Crippen LogP contribution in [-0.2, 0) is 4.79 Å². The smallest absolute Gasteiger partial charge is 0.342 e. The monoisotopic (exact) mass is 238 g/mol. The number of nitrogens with two attached hydrogens (primary N) is 1. The first-order chi connectivity index (χ1) is 7.36. The predicted octanol–water partition coefficient (Wildman–Crippen LogP) is 1.38. The number of hydrogen-bond acceptors (Lipinski definition) is 2. The number of amides is 1. The van der Waals surface area contributed by atoms with Gasteiger partial charge in [-0.25, -0.2) is 0 Å². The van der Waals surface area contributed by atoms with E-state index in [4.69, 9.17) is 5.73 Å². The minimum absolute atomic E-state index is 0.00648. The number of rotatable bonds is 2. The number of hydrogen-bond donors (Lipinski definition) is 1. The third-order valence-corrected chi connectivity index (χ3v) is 3.04. The predicted molar refractivity (Wildman–Crippen MR) is 53.6 cm³/mol. The molecule has 16 heavy (non-hydrogen) atoms. The van der Waals surface area contributed by atoms with Gasteiger partial charge in [0.1, 0.15) is 0 Å².